The average molecular weight is 652 g/mol. The zero-order valence-corrected chi connectivity index (χ0v) is 27.5. The van der Waals surface area contributed by atoms with E-state index in [1.165, 1.54) is 20.2 Å². The Morgan fingerprint density at radius 1 is 1.07 bits per heavy atom. The number of aromatic nitrogens is 3. The Kier molecular flexibility index (Phi) is 9.31. The Morgan fingerprint density at radius 2 is 1.83 bits per heavy atom. The third kappa shape index (κ3) is 7.45. The number of hydrogen-bond donors (Lipinski definition) is 2. The van der Waals surface area contributed by atoms with Gasteiger partial charge in [0.2, 0.25) is 11.8 Å². The molecule has 244 valence electrons. The summed E-state index contributed by atoms with van der Waals surface area (Å²) in [4.78, 5) is 27.9. The summed E-state index contributed by atoms with van der Waals surface area (Å²) in [5.41, 5.74) is 1.10. The highest BCUT2D eigenvalue weighted by atomic mass is 32.2. The molecular formula is C32H38FN7O5S. The number of nitrogens with one attached hydrogen (secondary N) is 2. The van der Waals surface area contributed by atoms with Gasteiger partial charge in [0.1, 0.15) is 17.2 Å². The number of ether oxygens (including phenoxy) is 2. The molecule has 12 nitrogen and oxygen atoms in total. The molecule has 14 heteroatoms. The molecule has 5 rings (SSSR count). The first-order valence-corrected chi connectivity index (χ1v) is 16.3. The van der Waals surface area contributed by atoms with E-state index in [-0.39, 0.29) is 23.7 Å². The fraction of sp³-hybridized carbons (Fsp3) is 0.375. The van der Waals surface area contributed by atoms with Crippen molar-refractivity contribution in [2.45, 2.75) is 52.2 Å². The molecule has 0 aliphatic carbocycles. The van der Waals surface area contributed by atoms with Gasteiger partial charge in [-0.1, -0.05) is 12.1 Å². The summed E-state index contributed by atoms with van der Waals surface area (Å²) in [6.45, 7) is 8.44. The molecule has 1 atom stereocenters. The second kappa shape index (κ2) is 13.0. The van der Waals surface area contributed by atoms with E-state index in [1.807, 2.05) is 33.8 Å². The second-order valence-corrected chi connectivity index (χ2v) is 14.1. The Morgan fingerprint density at radius 3 is 2.57 bits per heavy atom. The maximum absolute atomic E-state index is 14.9. The lowest BCUT2D eigenvalue weighted by Crippen LogP contribution is -2.47. The number of fused-ring (bicyclic) bond motifs is 1. The molecule has 1 saturated heterocycles. The molecule has 0 unspecified atom stereocenters. The minimum absolute atomic E-state index is 0.0704. The number of benzene rings is 2. The van der Waals surface area contributed by atoms with E-state index in [1.54, 1.807) is 47.6 Å². The van der Waals surface area contributed by atoms with Crippen LogP contribution < -0.4 is 14.8 Å². The zero-order valence-electron chi connectivity index (χ0n) is 26.7. The Hall–Kier alpha value is -4.56. The number of amides is 1. The highest BCUT2D eigenvalue weighted by Gasteiger charge is 2.28. The van der Waals surface area contributed by atoms with Crippen molar-refractivity contribution in [1.82, 2.24) is 24.2 Å². The molecule has 1 aliphatic rings. The summed E-state index contributed by atoms with van der Waals surface area (Å²) in [5.74, 6) is 0.299. The van der Waals surface area contributed by atoms with Crippen molar-refractivity contribution in [3.05, 3.63) is 66.2 Å². The van der Waals surface area contributed by atoms with Crippen LogP contribution in [0.25, 0.3) is 22.0 Å². The standard InChI is InChI=1S/C32H38FN7O5S/c1-20-11-12-22-23(13-14-25(33)27(22)38-46(42,43)39(5)6)28(20)44-29-24(10-7-16-34-29)26-15-17-35-30(37-26)36-21-9-8-18-40(19-21)31(41)45-32(2,3)4/h7,10-17,21,38H,8-9,18-19H2,1-6H3,(H,35,36,37)/t21-/m0/s1. The van der Waals surface area contributed by atoms with Crippen molar-refractivity contribution >= 4 is 38.7 Å². The van der Waals surface area contributed by atoms with E-state index < -0.39 is 21.6 Å². The summed E-state index contributed by atoms with van der Waals surface area (Å²) < 4.78 is 55.3. The van der Waals surface area contributed by atoms with Gasteiger partial charge in [-0.3, -0.25) is 4.72 Å². The van der Waals surface area contributed by atoms with Gasteiger partial charge in [-0.25, -0.2) is 24.1 Å². The van der Waals surface area contributed by atoms with Crippen LogP contribution in [-0.4, -0.2) is 77.5 Å². The molecular weight excluding hydrogens is 613 g/mol. The van der Waals surface area contributed by atoms with Crippen molar-refractivity contribution in [2.24, 2.45) is 0 Å². The highest BCUT2D eigenvalue weighted by Crippen LogP contribution is 2.39. The molecule has 1 fully saturated rings. The van der Waals surface area contributed by atoms with Crippen molar-refractivity contribution in [1.29, 1.82) is 0 Å². The first kappa shape index (κ1) is 32.8. The number of carbonyl (C=O) groups excluding carboxylic acids is 1. The normalized spacial score (nSPS) is 15.6. The number of pyridine rings is 1. The Labute approximate surface area is 268 Å². The predicted octanol–water partition coefficient (Wildman–Crippen LogP) is 5.96. The lowest BCUT2D eigenvalue weighted by Gasteiger charge is -2.34. The largest absolute Gasteiger partial charge is 0.444 e. The van der Waals surface area contributed by atoms with Crippen LogP contribution in [0.4, 0.5) is 20.8 Å². The van der Waals surface area contributed by atoms with Gasteiger partial charge >= 0.3 is 16.3 Å². The maximum atomic E-state index is 14.9. The maximum Gasteiger partial charge on any atom is 0.410 e. The summed E-state index contributed by atoms with van der Waals surface area (Å²) in [6, 6.07) is 11.4. The topological polar surface area (TPSA) is 139 Å². The summed E-state index contributed by atoms with van der Waals surface area (Å²) in [6.07, 6.45) is 4.51. The molecule has 0 bridgehead atoms. The Bertz CT molecular complexity index is 1860. The third-order valence-corrected chi connectivity index (χ3v) is 8.74. The van der Waals surface area contributed by atoms with Crippen molar-refractivity contribution in [2.75, 3.05) is 37.2 Å². The van der Waals surface area contributed by atoms with Gasteiger partial charge in [-0.15, -0.1) is 0 Å². The molecule has 0 radical (unpaired) electrons. The number of aryl methyl sites for hydroxylation is 1. The van der Waals surface area contributed by atoms with E-state index >= 15 is 0 Å². The molecule has 2 aromatic carbocycles. The van der Waals surface area contributed by atoms with Crippen LogP contribution in [0.1, 0.15) is 39.2 Å². The molecule has 1 aliphatic heterocycles. The smallest absolute Gasteiger partial charge is 0.410 e. The molecule has 1 amide bonds. The molecule has 0 spiro atoms. The van der Waals surface area contributed by atoms with Crippen molar-refractivity contribution in [3.63, 3.8) is 0 Å². The number of likely N-dealkylation sites (tertiary alicyclic amines) is 1. The molecule has 0 saturated carbocycles. The summed E-state index contributed by atoms with van der Waals surface area (Å²) in [7, 11) is -1.26. The average Bonchev–Trinajstić information content (AvgIpc) is 2.99. The van der Waals surface area contributed by atoms with Gasteiger partial charge in [0.15, 0.2) is 0 Å². The number of nitrogens with zero attached hydrogens (tertiary/aromatic N) is 5. The monoisotopic (exact) mass is 651 g/mol. The third-order valence-electron chi connectivity index (χ3n) is 7.32. The fourth-order valence-electron chi connectivity index (χ4n) is 5.03. The summed E-state index contributed by atoms with van der Waals surface area (Å²) in [5, 5.41) is 4.17. The first-order valence-electron chi connectivity index (χ1n) is 14.8. The number of hydrogen-bond acceptors (Lipinski definition) is 9. The number of halogens is 1. The SMILES string of the molecule is Cc1ccc2c(NS(=O)(=O)N(C)C)c(F)ccc2c1Oc1ncccc1-c1ccnc(N[C@H]2CCCN(C(=O)OC(C)(C)C)C2)n1. The second-order valence-electron chi connectivity index (χ2n) is 12.3. The molecule has 4 aromatic rings. The van der Waals surface area contributed by atoms with Gasteiger partial charge < -0.3 is 19.7 Å². The minimum atomic E-state index is -3.98. The molecule has 2 aromatic heterocycles. The quantitative estimate of drug-likeness (QED) is 0.236. The van der Waals surface area contributed by atoms with Crippen LogP contribution in [0.2, 0.25) is 0 Å². The lowest BCUT2D eigenvalue weighted by molar-refractivity contribution is 0.0206. The van der Waals surface area contributed by atoms with Gasteiger partial charge in [0.05, 0.1) is 16.9 Å². The van der Waals surface area contributed by atoms with Crippen molar-refractivity contribution in [3.8, 4) is 22.9 Å². The first-order chi connectivity index (χ1) is 21.7. The van der Waals surface area contributed by atoms with Crippen LogP contribution in [0.15, 0.2) is 54.9 Å². The number of anilines is 2. The number of piperidine rings is 1. The number of rotatable bonds is 8. The van der Waals surface area contributed by atoms with Gasteiger partial charge in [-0.2, -0.15) is 12.7 Å². The predicted molar refractivity (Wildman–Crippen MR) is 175 cm³/mol. The Balaban J connectivity index is 1.42. The fourth-order valence-corrected chi connectivity index (χ4v) is 5.68. The van der Waals surface area contributed by atoms with E-state index in [0.717, 1.165) is 22.7 Å². The van der Waals surface area contributed by atoms with Gasteiger partial charge in [0.25, 0.3) is 0 Å². The summed E-state index contributed by atoms with van der Waals surface area (Å²) >= 11 is 0. The molecule has 2 N–H and O–H groups in total. The van der Waals surface area contributed by atoms with Gasteiger partial charge in [-0.05, 0) is 76.4 Å². The van der Waals surface area contributed by atoms with Crippen LogP contribution in [0.3, 0.4) is 0 Å². The lowest BCUT2D eigenvalue weighted by atomic mass is 10.0. The van der Waals surface area contributed by atoms with E-state index in [9.17, 15) is 17.6 Å². The minimum Gasteiger partial charge on any atom is -0.444 e. The van der Waals surface area contributed by atoms with Crippen LogP contribution in [0.5, 0.6) is 11.6 Å². The van der Waals surface area contributed by atoms with Crippen molar-refractivity contribution < 1.29 is 27.1 Å². The molecule has 3 heterocycles. The van der Waals surface area contributed by atoms with Gasteiger partial charge in [0, 0.05) is 56.4 Å². The number of carbonyl (C=O) groups is 1. The van der Waals surface area contributed by atoms with Crippen LogP contribution >= 0.6 is 0 Å². The highest BCUT2D eigenvalue weighted by molar-refractivity contribution is 7.90. The van der Waals surface area contributed by atoms with Crippen LogP contribution in [0, 0.1) is 12.7 Å². The van der Waals surface area contributed by atoms with E-state index in [2.05, 4.69) is 20.0 Å². The van der Waals surface area contributed by atoms with E-state index in [0.29, 0.717) is 46.8 Å². The van der Waals surface area contributed by atoms with E-state index in [4.69, 9.17) is 14.5 Å². The van der Waals surface area contributed by atoms with Crippen LogP contribution in [-0.2, 0) is 14.9 Å². The zero-order chi connectivity index (χ0) is 33.2. The molecule has 46 heavy (non-hydrogen) atoms.